The van der Waals surface area contributed by atoms with Crippen molar-refractivity contribution in [3.05, 3.63) is 212 Å². The van der Waals surface area contributed by atoms with Gasteiger partial charge in [0.15, 0.2) is 9.79 Å². The molecule has 0 bridgehead atoms. The first kappa shape index (κ1) is 34.6. The Morgan fingerprint density at radius 2 is 0.760 bits per heavy atom. The quantitative estimate of drug-likeness (QED) is 0.0717. The molecule has 0 saturated heterocycles. The molecule has 7 rings (SSSR count). The molecular weight excluding hydrogens is 623 g/mol. The Balaban J connectivity index is 0.000000173. The summed E-state index contributed by atoms with van der Waals surface area (Å²) in [5, 5.41) is 0. The highest BCUT2D eigenvalue weighted by Gasteiger charge is 2.31. The van der Waals surface area contributed by atoms with Crippen LogP contribution in [-0.4, -0.2) is 12.8 Å². The number of ether oxygens (including phenoxy) is 1. The van der Waals surface area contributed by atoms with Gasteiger partial charge in [0, 0.05) is 5.56 Å². The predicted molar refractivity (Wildman–Crippen MR) is 217 cm³/mol. The van der Waals surface area contributed by atoms with Gasteiger partial charge >= 0.3 is 0 Å². The molecule has 1 nitrogen and oxygen atoms in total. The third-order valence-electron chi connectivity index (χ3n) is 9.25. The summed E-state index contributed by atoms with van der Waals surface area (Å²) >= 11 is 0. The van der Waals surface area contributed by atoms with E-state index in [9.17, 15) is 0 Å². The van der Waals surface area contributed by atoms with E-state index in [1.807, 2.05) is 0 Å². The summed E-state index contributed by atoms with van der Waals surface area (Å²) in [5.41, 5.74) is 6.70. The van der Waals surface area contributed by atoms with E-state index in [4.69, 9.17) is 4.74 Å². The van der Waals surface area contributed by atoms with Crippen molar-refractivity contribution >= 4 is 38.9 Å². The smallest absolute Gasteiger partial charge is 0.161 e. The maximum Gasteiger partial charge on any atom is 0.161 e. The van der Waals surface area contributed by atoms with Crippen LogP contribution in [0.5, 0.6) is 5.75 Å². The summed E-state index contributed by atoms with van der Waals surface area (Å²) in [4.78, 5) is 2.77. The second-order valence-corrected chi connectivity index (χ2v) is 14.5. The number of hydrogen-bond acceptors (Lipinski definition) is 1. The Hall–Kier alpha value is -5.25. The Morgan fingerprint density at radius 3 is 1.10 bits per heavy atom. The molecule has 7 aromatic rings. The van der Waals surface area contributed by atoms with Crippen LogP contribution in [0.15, 0.2) is 216 Å². The predicted octanol–water partition coefficient (Wildman–Crippen LogP) is 9.17. The first-order valence-corrected chi connectivity index (χ1v) is 19.1. The second-order valence-electron chi connectivity index (χ2n) is 12.5. The molecule has 50 heavy (non-hydrogen) atoms. The number of rotatable bonds is 12. The molecule has 0 spiro atoms. The molecule has 248 valence electrons. The Labute approximate surface area is 301 Å². The van der Waals surface area contributed by atoms with E-state index in [0.29, 0.717) is 0 Å². The molecule has 0 aliphatic carbocycles. The molecule has 0 heterocycles. The molecule has 3 heteroatoms. The largest absolute Gasteiger partial charge is 0.494 e. The van der Waals surface area contributed by atoms with Gasteiger partial charge in [-0.15, -0.1) is 0 Å². The number of hydrogen-bond donors (Lipinski definition) is 0. The summed E-state index contributed by atoms with van der Waals surface area (Å²) in [6.45, 7) is 2.98. The van der Waals surface area contributed by atoms with Crippen molar-refractivity contribution in [3.63, 3.8) is 0 Å². The monoisotopic (exact) mass is 668 g/mol. The third-order valence-corrected chi connectivity index (χ3v) is 11.6. The van der Waals surface area contributed by atoms with E-state index in [2.05, 4.69) is 213 Å². The van der Waals surface area contributed by atoms with Crippen molar-refractivity contribution in [3.8, 4) is 5.75 Å². The van der Waals surface area contributed by atoms with Crippen molar-refractivity contribution in [1.29, 1.82) is 0 Å². The van der Waals surface area contributed by atoms with Crippen LogP contribution in [0.1, 0.15) is 25.3 Å². The van der Waals surface area contributed by atoms with Gasteiger partial charge in [0.1, 0.15) is 17.6 Å². The summed E-state index contributed by atoms with van der Waals surface area (Å²) in [7, 11) is 0.0436. The minimum atomic E-state index is -1.22. The van der Waals surface area contributed by atoms with Crippen molar-refractivity contribution in [1.82, 2.24) is 0 Å². The van der Waals surface area contributed by atoms with E-state index >= 15 is 0 Å². The molecular formula is C47H45BOS. The zero-order valence-electron chi connectivity index (χ0n) is 28.9. The molecule has 7 aromatic carbocycles. The fraction of sp³-hybridized carbons (Fsp3) is 0.106. The normalized spacial score (nSPS) is 11.0. The standard InChI is InChI=1S/C24H20B.C23H25OS/c1-5-13-21(14-6-1)25(22-15-7-2-8-16-22,23-17-9-3-10-18-23)24-19-11-4-12-20-24;1-2-3-18-24-21-16-14-20(15-17-21)19-25(22-10-6-4-7-11-22)23-12-8-5-9-13-23/h1-20H;4-17H,2-3,18-19H2,1H3/q-1;+1. The molecule has 0 N–H and O–H groups in total. The van der Waals surface area contributed by atoms with Crippen LogP contribution >= 0.6 is 0 Å². The summed E-state index contributed by atoms with van der Waals surface area (Å²) in [5.74, 6) is 1.99. The lowest BCUT2D eigenvalue weighted by atomic mass is 9.13. The van der Waals surface area contributed by atoms with Gasteiger partial charge in [-0.05, 0) is 42.8 Å². The second kappa shape index (κ2) is 17.9. The fourth-order valence-electron chi connectivity index (χ4n) is 6.78. The molecule has 0 atom stereocenters. The molecule has 0 aromatic heterocycles. The van der Waals surface area contributed by atoms with Gasteiger partial charge in [-0.2, -0.15) is 21.9 Å². The first-order chi connectivity index (χ1) is 24.8. The van der Waals surface area contributed by atoms with E-state index in [-0.39, 0.29) is 10.9 Å². The van der Waals surface area contributed by atoms with Crippen LogP contribution in [0.2, 0.25) is 0 Å². The van der Waals surface area contributed by atoms with Crippen molar-refractivity contribution < 1.29 is 4.74 Å². The van der Waals surface area contributed by atoms with Crippen LogP contribution in [0.25, 0.3) is 0 Å². The van der Waals surface area contributed by atoms with Crippen LogP contribution in [0, 0.1) is 0 Å². The minimum Gasteiger partial charge on any atom is -0.494 e. The Kier molecular flexibility index (Phi) is 12.4. The van der Waals surface area contributed by atoms with Crippen LogP contribution in [-0.2, 0) is 16.6 Å². The van der Waals surface area contributed by atoms with Crippen molar-refractivity contribution in [2.75, 3.05) is 6.61 Å². The molecule has 0 radical (unpaired) electrons. The maximum absolute atomic E-state index is 5.78. The van der Waals surface area contributed by atoms with Gasteiger partial charge in [0.25, 0.3) is 0 Å². The van der Waals surface area contributed by atoms with Crippen molar-refractivity contribution in [2.45, 2.75) is 35.3 Å². The summed E-state index contributed by atoms with van der Waals surface area (Å²) in [6, 6.07) is 73.7. The zero-order chi connectivity index (χ0) is 34.3. The molecule has 0 aliphatic heterocycles. The summed E-state index contributed by atoms with van der Waals surface area (Å²) < 4.78 is 5.78. The average Bonchev–Trinajstić information content (AvgIpc) is 3.21. The zero-order valence-corrected chi connectivity index (χ0v) is 29.7. The highest BCUT2D eigenvalue weighted by atomic mass is 32.2. The fourth-order valence-corrected chi connectivity index (χ4v) is 8.88. The molecule has 0 saturated carbocycles. The molecule has 0 fully saturated rings. The molecule has 0 amide bonds. The Bertz CT molecular complexity index is 1750. The van der Waals surface area contributed by atoms with E-state index in [1.165, 1.54) is 37.2 Å². The molecule has 0 unspecified atom stereocenters. The van der Waals surface area contributed by atoms with Gasteiger partial charge < -0.3 is 4.74 Å². The van der Waals surface area contributed by atoms with Crippen molar-refractivity contribution in [2.24, 2.45) is 0 Å². The van der Waals surface area contributed by atoms with Crippen LogP contribution in [0.4, 0.5) is 0 Å². The highest BCUT2D eigenvalue weighted by molar-refractivity contribution is 7.96. The van der Waals surface area contributed by atoms with Gasteiger partial charge in [-0.25, -0.2) is 0 Å². The third kappa shape index (κ3) is 8.48. The minimum absolute atomic E-state index is 0.0436. The summed E-state index contributed by atoms with van der Waals surface area (Å²) in [6.07, 6.45) is 1.05. The topological polar surface area (TPSA) is 9.23 Å². The van der Waals surface area contributed by atoms with E-state index in [0.717, 1.165) is 31.0 Å². The maximum atomic E-state index is 5.78. The van der Waals surface area contributed by atoms with Crippen LogP contribution < -0.4 is 26.6 Å². The first-order valence-electron chi connectivity index (χ1n) is 17.7. The van der Waals surface area contributed by atoms with Gasteiger partial charge in [0.2, 0.25) is 0 Å². The number of benzene rings is 7. The molecule has 0 aliphatic rings. The van der Waals surface area contributed by atoms with Gasteiger partial charge in [0.05, 0.1) is 17.5 Å². The van der Waals surface area contributed by atoms with Crippen LogP contribution in [0.3, 0.4) is 0 Å². The lowest BCUT2D eigenvalue weighted by Gasteiger charge is -2.44. The van der Waals surface area contributed by atoms with E-state index in [1.54, 1.807) is 0 Å². The number of unbranched alkanes of at least 4 members (excludes halogenated alkanes) is 1. The van der Waals surface area contributed by atoms with Gasteiger partial charge in [-0.1, -0.05) is 183 Å². The lowest BCUT2D eigenvalue weighted by molar-refractivity contribution is 0.309. The lowest BCUT2D eigenvalue weighted by Crippen LogP contribution is -2.74. The SMILES string of the molecule is CCCCOc1ccc(C[S+](c2ccccc2)c2ccccc2)cc1.c1ccc([B-](c2ccccc2)(c2ccccc2)c2ccccc2)cc1. The Morgan fingerprint density at radius 1 is 0.420 bits per heavy atom. The van der Waals surface area contributed by atoms with E-state index < -0.39 is 6.15 Å². The highest BCUT2D eigenvalue weighted by Crippen LogP contribution is 2.27. The average molecular weight is 669 g/mol. The van der Waals surface area contributed by atoms with Gasteiger partial charge in [-0.3, -0.25) is 0 Å².